The Morgan fingerprint density at radius 1 is 0.908 bits per heavy atom. The summed E-state index contributed by atoms with van der Waals surface area (Å²) in [7, 11) is 3.28. The lowest BCUT2D eigenvalue weighted by molar-refractivity contribution is -0.318. The first-order valence-corrected chi connectivity index (χ1v) is 22.7. The van der Waals surface area contributed by atoms with Crippen LogP contribution in [-0.2, 0) is 51.3 Å². The standard InChI is InChI=1S/C48H71N3O14/c1-10-35-47(6,59)41(55)30(5)50(8)24-27(2)38-37(44(57)64-35)39(53)29(4)42(48(38,7)60)65-45-40(54)34(23-28(3)63-45)51(9)36(52)22-21-33(43(56)61-25-31-17-13-11-14-18-31)49-46(58)62-26-32-19-15-12-16-20-32/h11-20,27-30,33-35,37-42,45,53-55,59-60H,10,21-26H2,1-9H3,(H,49,58)/t27-,28+,29-,30+,33+,34-,35+,37+,38?,39-,40+,41+,42+,45-,47+,48+/m0/s1. The Morgan fingerprint density at radius 3 is 2.08 bits per heavy atom. The number of aliphatic hydroxyl groups excluding tert-OH is 3. The molecule has 2 saturated heterocycles. The summed E-state index contributed by atoms with van der Waals surface area (Å²) in [6, 6.07) is 15.3. The molecule has 17 heteroatoms. The van der Waals surface area contributed by atoms with Crippen LogP contribution in [0.2, 0.25) is 0 Å². The van der Waals surface area contributed by atoms with Gasteiger partial charge in [0.2, 0.25) is 5.91 Å². The number of benzene rings is 2. The molecule has 17 nitrogen and oxygen atoms in total. The molecule has 0 aromatic heterocycles. The van der Waals surface area contributed by atoms with Crippen LogP contribution in [0, 0.1) is 23.7 Å². The topological polar surface area (TPSA) is 234 Å². The number of nitrogens with zero attached hydrogens (tertiary/aromatic N) is 2. The van der Waals surface area contributed by atoms with Crippen molar-refractivity contribution in [2.24, 2.45) is 23.7 Å². The van der Waals surface area contributed by atoms with E-state index in [-0.39, 0.29) is 45.4 Å². The smallest absolute Gasteiger partial charge is 0.408 e. The molecule has 1 aliphatic carbocycles. The van der Waals surface area contributed by atoms with Crippen LogP contribution in [0.4, 0.5) is 4.79 Å². The van der Waals surface area contributed by atoms with Crippen molar-refractivity contribution in [1.29, 1.82) is 0 Å². The van der Waals surface area contributed by atoms with Gasteiger partial charge in [0, 0.05) is 37.9 Å². The third-order valence-corrected chi connectivity index (χ3v) is 14.0. The molecular formula is C48H71N3O14. The lowest BCUT2D eigenvalue weighted by Gasteiger charge is -2.55. The van der Waals surface area contributed by atoms with Crippen LogP contribution in [0.15, 0.2) is 60.7 Å². The Labute approximate surface area is 382 Å². The first kappa shape index (κ1) is 51.8. The fraction of sp³-hybridized carbons (Fsp3) is 0.667. The predicted octanol–water partition coefficient (Wildman–Crippen LogP) is 2.91. The van der Waals surface area contributed by atoms with Gasteiger partial charge < -0.3 is 64.3 Å². The number of ether oxygens (including phenoxy) is 5. The molecule has 1 unspecified atom stereocenters. The van der Waals surface area contributed by atoms with E-state index < -0.39 is 120 Å². The van der Waals surface area contributed by atoms with Crippen LogP contribution in [-0.4, -0.2) is 152 Å². The minimum absolute atomic E-state index is 0.0464. The van der Waals surface area contributed by atoms with E-state index in [4.69, 9.17) is 23.7 Å². The number of alkyl carbamates (subject to hydrolysis) is 1. The van der Waals surface area contributed by atoms with Crippen LogP contribution >= 0.6 is 0 Å². The molecule has 2 heterocycles. The number of esters is 2. The highest BCUT2D eigenvalue weighted by Crippen LogP contribution is 2.49. The van der Waals surface area contributed by atoms with Gasteiger partial charge in [-0.3, -0.25) is 9.59 Å². The number of carbonyl (C=O) groups excluding carboxylic acids is 4. The summed E-state index contributed by atoms with van der Waals surface area (Å²) < 4.78 is 29.4. The summed E-state index contributed by atoms with van der Waals surface area (Å²) in [6.45, 7) is 11.7. The molecule has 1 saturated carbocycles. The van der Waals surface area contributed by atoms with E-state index in [9.17, 15) is 44.7 Å². The van der Waals surface area contributed by atoms with Gasteiger partial charge >= 0.3 is 18.0 Å². The van der Waals surface area contributed by atoms with Gasteiger partial charge in [-0.25, -0.2) is 9.59 Å². The summed E-state index contributed by atoms with van der Waals surface area (Å²) in [5, 5.41) is 61.8. The van der Waals surface area contributed by atoms with E-state index in [0.717, 1.165) is 11.1 Å². The molecule has 6 N–H and O–H groups in total. The Balaban J connectivity index is 1.31. The molecule has 0 radical (unpaired) electrons. The van der Waals surface area contributed by atoms with E-state index in [1.807, 2.05) is 24.0 Å². The number of hydrogen-bond donors (Lipinski definition) is 6. The number of fused-ring (bicyclic) bond motifs is 1. The lowest BCUT2D eigenvalue weighted by atomic mass is 9.59. The number of cyclic esters (lactones) is 1. The SMILES string of the molecule is CC[C@H]1OC(=O)[C@@H]2C([C@@H](C)CN(C)[C@H](C)[C@@H](O)[C@]1(C)O)[C@@](C)(O)[C@H](O[C@@H]1O[C@H](C)C[C@H](N(C)C(=O)CC[C@@H](NC(=O)OCc3ccccc3)C(=O)OCc3ccccc3)[C@H]1O)[C@@H](C)[C@@H]2O. The monoisotopic (exact) mass is 913 g/mol. The molecule has 362 valence electrons. The van der Waals surface area contributed by atoms with Crippen molar-refractivity contribution in [2.45, 2.75) is 160 Å². The van der Waals surface area contributed by atoms with Gasteiger partial charge in [-0.15, -0.1) is 0 Å². The van der Waals surface area contributed by atoms with Crippen molar-refractivity contribution in [3.63, 3.8) is 0 Å². The highest BCUT2D eigenvalue weighted by Gasteiger charge is 2.62. The molecule has 2 aromatic carbocycles. The zero-order valence-electron chi connectivity index (χ0n) is 39.1. The first-order valence-electron chi connectivity index (χ1n) is 22.7. The zero-order chi connectivity index (χ0) is 48.0. The van der Waals surface area contributed by atoms with Crippen LogP contribution in [0.5, 0.6) is 0 Å². The molecule has 65 heavy (non-hydrogen) atoms. The maximum Gasteiger partial charge on any atom is 0.408 e. The maximum absolute atomic E-state index is 14.1. The van der Waals surface area contributed by atoms with Crippen molar-refractivity contribution in [1.82, 2.24) is 15.1 Å². The van der Waals surface area contributed by atoms with Gasteiger partial charge in [-0.05, 0) is 71.0 Å². The quantitative estimate of drug-likeness (QED) is 0.125. The second-order valence-corrected chi connectivity index (χ2v) is 18.8. The number of aliphatic hydroxyl groups is 5. The Bertz CT molecular complexity index is 1890. The predicted molar refractivity (Wildman–Crippen MR) is 236 cm³/mol. The number of likely N-dealkylation sites (N-methyl/N-ethyl adjacent to an activating group) is 2. The highest BCUT2D eigenvalue weighted by molar-refractivity contribution is 5.83. The van der Waals surface area contributed by atoms with E-state index in [2.05, 4.69) is 5.32 Å². The number of carbonyl (C=O) groups is 4. The van der Waals surface area contributed by atoms with Crippen molar-refractivity contribution in [2.75, 3.05) is 20.6 Å². The minimum Gasteiger partial charge on any atom is -0.459 e. The highest BCUT2D eigenvalue weighted by atomic mass is 16.7. The van der Waals surface area contributed by atoms with Gasteiger partial charge in [-0.1, -0.05) is 81.4 Å². The molecular weight excluding hydrogens is 843 g/mol. The van der Waals surface area contributed by atoms with E-state index >= 15 is 0 Å². The van der Waals surface area contributed by atoms with Gasteiger partial charge in [0.15, 0.2) is 6.29 Å². The number of rotatable bonds is 13. The minimum atomic E-state index is -1.84. The van der Waals surface area contributed by atoms with Crippen molar-refractivity contribution in [3.05, 3.63) is 71.8 Å². The molecule has 2 amide bonds. The molecule has 16 atom stereocenters. The van der Waals surface area contributed by atoms with Crippen molar-refractivity contribution in [3.8, 4) is 0 Å². The second-order valence-electron chi connectivity index (χ2n) is 18.8. The van der Waals surface area contributed by atoms with E-state index in [0.29, 0.717) is 0 Å². The van der Waals surface area contributed by atoms with Crippen LogP contribution in [0.25, 0.3) is 0 Å². The average Bonchev–Trinajstić information content (AvgIpc) is 3.28. The van der Waals surface area contributed by atoms with Crippen LogP contribution in [0.1, 0.15) is 85.3 Å². The largest absolute Gasteiger partial charge is 0.459 e. The molecule has 5 rings (SSSR count). The maximum atomic E-state index is 14.1. The third-order valence-electron chi connectivity index (χ3n) is 14.0. The molecule has 0 bridgehead atoms. The Morgan fingerprint density at radius 2 is 1.49 bits per heavy atom. The van der Waals surface area contributed by atoms with Gasteiger partial charge in [0.1, 0.15) is 43.2 Å². The third kappa shape index (κ3) is 12.0. The molecule has 3 aliphatic rings. The summed E-state index contributed by atoms with van der Waals surface area (Å²) in [5.41, 5.74) is -2.21. The van der Waals surface area contributed by atoms with E-state index in [1.54, 1.807) is 83.3 Å². The summed E-state index contributed by atoms with van der Waals surface area (Å²) >= 11 is 0. The first-order chi connectivity index (χ1) is 30.6. The van der Waals surface area contributed by atoms with Crippen molar-refractivity contribution >= 4 is 23.9 Å². The summed E-state index contributed by atoms with van der Waals surface area (Å²) in [5.74, 6) is -5.72. The van der Waals surface area contributed by atoms with Gasteiger partial charge in [0.25, 0.3) is 0 Å². The number of hydrogen-bond acceptors (Lipinski definition) is 15. The fourth-order valence-corrected chi connectivity index (χ4v) is 10.1. The normalized spacial score (nSPS) is 36.2. The van der Waals surface area contributed by atoms with Crippen molar-refractivity contribution < 1.29 is 68.4 Å². The second kappa shape index (κ2) is 22.1. The molecule has 3 fully saturated rings. The Hall–Kier alpha value is -4.20. The molecule has 2 aromatic rings. The summed E-state index contributed by atoms with van der Waals surface area (Å²) in [4.78, 5) is 57.5. The fourth-order valence-electron chi connectivity index (χ4n) is 10.1. The van der Waals surface area contributed by atoms with Gasteiger partial charge in [-0.2, -0.15) is 0 Å². The zero-order valence-corrected chi connectivity index (χ0v) is 39.1. The lowest BCUT2D eigenvalue weighted by Crippen LogP contribution is -2.68. The number of amides is 2. The van der Waals surface area contributed by atoms with Crippen LogP contribution in [0.3, 0.4) is 0 Å². The van der Waals surface area contributed by atoms with Crippen LogP contribution < -0.4 is 5.32 Å². The number of nitrogens with one attached hydrogen (secondary N) is 1. The molecule has 2 aliphatic heterocycles. The Kier molecular flexibility index (Phi) is 17.6. The van der Waals surface area contributed by atoms with E-state index in [1.165, 1.54) is 25.8 Å². The summed E-state index contributed by atoms with van der Waals surface area (Å²) in [6.07, 6.45) is -9.36. The average molecular weight is 914 g/mol. The van der Waals surface area contributed by atoms with Gasteiger partial charge in [0.05, 0.1) is 35.9 Å². The molecule has 0 spiro atoms.